The van der Waals surface area contributed by atoms with Crippen LogP contribution < -0.4 is 10.0 Å². The Morgan fingerprint density at radius 2 is 1.62 bits per heavy atom. The standard InChI is InChI=1S/C24H24N6O3S/c1-17-22(18(2)30(28-17)20-7-4-3-5-8-20)13-14-23(31)27-19-9-11-21(12-10-19)34(32,33)29-24-25-15-6-16-26-24/h3-12,15-16H,13-14H2,1-2H3,(H,27,31)(H,25,26,29). The van der Waals surface area contributed by atoms with Gasteiger partial charge in [0.05, 0.1) is 16.3 Å². The van der Waals surface area contributed by atoms with Crippen LogP contribution in [-0.4, -0.2) is 34.1 Å². The summed E-state index contributed by atoms with van der Waals surface area (Å²) in [4.78, 5) is 20.3. The normalized spacial score (nSPS) is 11.2. The van der Waals surface area contributed by atoms with Gasteiger partial charge in [0, 0.05) is 30.2 Å². The third-order valence-corrected chi connectivity index (χ3v) is 6.63. The maximum atomic E-state index is 12.5. The molecule has 10 heteroatoms. The van der Waals surface area contributed by atoms with Crippen molar-refractivity contribution in [3.8, 4) is 5.69 Å². The van der Waals surface area contributed by atoms with E-state index in [-0.39, 0.29) is 23.2 Å². The lowest BCUT2D eigenvalue weighted by atomic mass is 10.1. The average molecular weight is 477 g/mol. The summed E-state index contributed by atoms with van der Waals surface area (Å²) in [5.41, 5.74) is 4.41. The molecule has 0 spiro atoms. The number of hydrogen-bond donors (Lipinski definition) is 2. The minimum absolute atomic E-state index is 0.0129. The fourth-order valence-electron chi connectivity index (χ4n) is 3.57. The van der Waals surface area contributed by atoms with E-state index in [9.17, 15) is 13.2 Å². The molecule has 0 saturated heterocycles. The fraction of sp³-hybridized carbons (Fsp3) is 0.167. The number of aryl methyl sites for hydroxylation is 1. The molecule has 2 aromatic heterocycles. The second-order valence-corrected chi connectivity index (χ2v) is 9.33. The number of anilines is 2. The highest BCUT2D eigenvalue weighted by molar-refractivity contribution is 7.92. The molecule has 0 atom stereocenters. The third kappa shape index (κ3) is 5.29. The van der Waals surface area contributed by atoms with Crippen LogP contribution in [0.1, 0.15) is 23.4 Å². The number of amides is 1. The number of para-hydroxylation sites is 1. The zero-order chi connectivity index (χ0) is 24.1. The molecule has 9 nitrogen and oxygen atoms in total. The lowest BCUT2D eigenvalue weighted by Crippen LogP contribution is -2.15. The summed E-state index contributed by atoms with van der Waals surface area (Å²) < 4.78 is 29.2. The maximum absolute atomic E-state index is 12.5. The first-order valence-corrected chi connectivity index (χ1v) is 12.1. The minimum atomic E-state index is -3.83. The molecule has 0 unspecified atom stereocenters. The number of sulfonamides is 1. The van der Waals surface area contributed by atoms with Crippen molar-refractivity contribution >= 4 is 27.6 Å². The smallest absolute Gasteiger partial charge is 0.264 e. The molecular weight excluding hydrogens is 452 g/mol. The number of nitrogens with zero attached hydrogens (tertiary/aromatic N) is 4. The molecule has 1 amide bonds. The maximum Gasteiger partial charge on any atom is 0.264 e. The molecule has 0 aliphatic rings. The topological polar surface area (TPSA) is 119 Å². The molecule has 0 aliphatic carbocycles. The molecule has 0 saturated carbocycles. The zero-order valence-corrected chi connectivity index (χ0v) is 19.6. The van der Waals surface area contributed by atoms with Crippen LogP contribution >= 0.6 is 0 Å². The summed E-state index contributed by atoms with van der Waals surface area (Å²) in [6, 6.07) is 17.4. The predicted molar refractivity (Wildman–Crippen MR) is 129 cm³/mol. The number of hydrogen-bond acceptors (Lipinski definition) is 6. The van der Waals surface area contributed by atoms with Crippen molar-refractivity contribution in [3.63, 3.8) is 0 Å². The molecule has 0 bridgehead atoms. The molecular formula is C24H24N6O3S. The van der Waals surface area contributed by atoms with Crippen LogP contribution in [0.25, 0.3) is 5.69 Å². The Balaban J connectivity index is 1.37. The van der Waals surface area contributed by atoms with Gasteiger partial charge in [0.2, 0.25) is 11.9 Å². The largest absolute Gasteiger partial charge is 0.326 e. The van der Waals surface area contributed by atoms with Gasteiger partial charge < -0.3 is 5.32 Å². The molecule has 4 rings (SSSR count). The molecule has 4 aromatic rings. The summed E-state index contributed by atoms with van der Waals surface area (Å²) >= 11 is 0. The monoisotopic (exact) mass is 476 g/mol. The van der Waals surface area contributed by atoms with E-state index < -0.39 is 10.0 Å². The summed E-state index contributed by atoms with van der Waals surface area (Å²) in [5.74, 6) is -0.182. The van der Waals surface area contributed by atoms with Crippen molar-refractivity contribution in [2.45, 2.75) is 31.6 Å². The van der Waals surface area contributed by atoms with Crippen molar-refractivity contribution in [2.75, 3.05) is 10.0 Å². The van der Waals surface area contributed by atoms with Gasteiger partial charge >= 0.3 is 0 Å². The first-order chi connectivity index (χ1) is 16.3. The first kappa shape index (κ1) is 23.1. The van der Waals surface area contributed by atoms with Crippen LogP contribution in [0.4, 0.5) is 11.6 Å². The summed E-state index contributed by atoms with van der Waals surface area (Å²) in [6.07, 6.45) is 3.71. The van der Waals surface area contributed by atoms with Gasteiger partial charge in [-0.2, -0.15) is 5.10 Å². The van der Waals surface area contributed by atoms with E-state index in [1.165, 1.54) is 24.5 Å². The van der Waals surface area contributed by atoms with E-state index in [1.807, 2.05) is 48.9 Å². The van der Waals surface area contributed by atoms with E-state index >= 15 is 0 Å². The Morgan fingerprint density at radius 3 is 2.29 bits per heavy atom. The minimum Gasteiger partial charge on any atom is -0.326 e. The highest BCUT2D eigenvalue weighted by atomic mass is 32.2. The van der Waals surface area contributed by atoms with Crippen LogP contribution in [0.3, 0.4) is 0 Å². The number of aromatic nitrogens is 4. The second-order valence-electron chi connectivity index (χ2n) is 7.65. The molecule has 0 aliphatic heterocycles. The number of carbonyl (C=O) groups excluding carboxylic acids is 1. The molecule has 2 aromatic carbocycles. The van der Waals surface area contributed by atoms with Crippen molar-refractivity contribution in [1.29, 1.82) is 0 Å². The summed E-state index contributed by atoms with van der Waals surface area (Å²) in [5, 5.41) is 7.43. The van der Waals surface area contributed by atoms with Crippen LogP contribution in [0.5, 0.6) is 0 Å². The quantitative estimate of drug-likeness (QED) is 0.401. The summed E-state index contributed by atoms with van der Waals surface area (Å²) in [7, 11) is -3.83. The van der Waals surface area contributed by atoms with Gasteiger partial charge in [-0.3, -0.25) is 4.79 Å². The number of nitrogens with one attached hydrogen (secondary N) is 2. The van der Waals surface area contributed by atoms with Gasteiger partial charge in [-0.15, -0.1) is 0 Å². The van der Waals surface area contributed by atoms with Crippen LogP contribution in [0.2, 0.25) is 0 Å². The lowest BCUT2D eigenvalue weighted by Gasteiger charge is -2.09. The molecule has 0 fully saturated rings. The predicted octanol–water partition coefficient (Wildman–Crippen LogP) is 3.65. The van der Waals surface area contributed by atoms with E-state index in [0.29, 0.717) is 12.1 Å². The highest BCUT2D eigenvalue weighted by Gasteiger charge is 2.17. The molecule has 34 heavy (non-hydrogen) atoms. The van der Waals surface area contributed by atoms with Gasteiger partial charge in [-0.25, -0.2) is 27.8 Å². The van der Waals surface area contributed by atoms with Gasteiger partial charge in [0.15, 0.2) is 0 Å². The van der Waals surface area contributed by atoms with E-state index in [0.717, 1.165) is 22.6 Å². The van der Waals surface area contributed by atoms with Crippen molar-refractivity contribution < 1.29 is 13.2 Å². The average Bonchev–Trinajstić information content (AvgIpc) is 3.12. The molecule has 2 N–H and O–H groups in total. The van der Waals surface area contributed by atoms with Gasteiger partial charge in [0.1, 0.15) is 0 Å². The van der Waals surface area contributed by atoms with Crippen molar-refractivity contribution in [1.82, 2.24) is 19.7 Å². The third-order valence-electron chi connectivity index (χ3n) is 5.28. The SMILES string of the molecule is Cc1nn(-c2ccccc2)c(C)c1CCC(=O)Nc1ccc(S(=O)(=O)Nc2ncccn2)cc1. The van der Waals surface area contributed by atoms with Crippen LogP contribution in [-0.2, 0) is 21.2 Å². The van der Waals surface area contributed by atoms with Crippen LogP contribution in [0.15, 0.2) is 78.0 Å². The van der Waals surface area contributed by atoms with Crippen molar-refractivity contribution in [3.05, 3.63) is 90.0 Å². The Hall–Kier alpha value is -4.05. The second kappa shape index (κ2) is 9.84. The van der Waals surface area contributed by atoms with Crippen LogP contribution in [0, 0.1) is 13.8 Å². The number of benzene rings is 2. The Labute approximate surface area is 197 Å². The van der Waals surface area contributed by atoms with E-state index in [2.05, 4.69) is 25.1 Å². The van der Waals surface area contributed by atoms with E-state index in [4.69, 9.17) is 0 Å². The molecule has 0 radical (unpaired) electrons. The van der Waals surface area contributed by atoms with Gasteiger partial charge in [0.25, 0.3) is 10.0 Å². The van der Waals surface area contributed by atoms with Gasteiger partial charge in [-0.1, -0.05) is 18.2 Å². The zero-order valence-electron chi connectivity index (χ0n) is 18.8. The summed E-state index contributed by atoms with van der Waals surface area (Å²) in [6.45, 7) is 3.93. The van der Waals surface area contributed by atoms with Gasteiger partial charge in [-0.05, 0) is 68.3 Å². The number of carbonyl (C=O) groups is 1. The highest BCUT2D eigenvalue weighted by Crippen LogP contribution is 2.20. The first-order valence-electron chi connectivity index (χ1n) is 10.6. The molecule has 2 heterocycles. The lowest BCUT2D eigenvalue weighted by molar-refractivity contribution is -0.116. The number of rotatable bonds is 8. The molecule has 174 valence electrons. The Bertz CT molecular complexity index is 1390. The van der Waals surface area contributed by atoms with Crippen molar-refractivity contribution in [2.24, 2.45) is 0 Å². The fourth-order valence-corrected chi connectivity index (χ4v) is 4.53. The Morgan fingerprint density at radius 1 is 0.941 bits per heavy atom. The Kier molecular flexibility index (Phi) is 6.69. The van der Waals surface area contributed by atoms with E-state index in [1.54, 1.807) is 18.2 Å².